The molecular formula is C26H23FN4O4S. The number of halogens is 1. The number of rotatable bonds is 7. The molecule has 0 bridgehead atoms. The lowest BCUT2D eigenvalue weighted by atomic mass is 10.0. The normalized spacial score (nSPS) is 13.3. The monoisotopic (exact) mass is 506 g/mol. The van der Waals surface area contributed by atoms with Crippen LogP contribution in [0, 0.1) is 5.82 Å². The van der Waals surface area contributed by atoms with Crippen molar-refractivity contribution in [2.45, 2.75) is 19.6 Å². The maximum atomic E-state index is 13.3. The zero-order valence-corrected chi connectivity index (χ0v) is 20.2. The highest BCUT2D eigenvalue weighted by Crippen LogP contribution is 2.44. The SMILES string of the molecule is CN(c1c2c(c(O)c3ncccc13)C(=O)N(Cc1ccc(F)cc1)C2)S(=O)(=O)NCc1ccccc1. The second-order valence-corrected chi connectivity index (χ2v) is 10.3. The van der Waals surface area contributed by atoms with Crippen LogP contribution in [0.25, 0.3) is 10.9 Å². The standard InChI is InChI=1S/C26H23FN4O4S/c1-30(36(34,35)29-14-17-6-3-2-4-7-17)24-20-8-5-13-28-23(20)25(32)22-21(24)16-31(26(22)33)15-18-9-11-19(27)12-10-18/h2-13,29,32H,14-16H2,1H3. The summed E-state index contributed by atoms with van der Waals surface area (Å²) in [6, 6.07) is 18.2. The van der Waals surface area contributed by atoms with E-state index in [1.807, 2.05) is 30.3 Å². The van der Waals surface area contributed by atoms with Gasteiger partial charge in [0.1, 0.15) is 11.3 Å². The third-order valence-electron chi connectivity index (χ3n) is 6.23. The smallest absolute Gasteiger partial charge is 0.301 e. The zero-order chi connectivity index (χ0) is 25.4. The van der Waals surface area contributed by atoms with Crippen molar-refractivity contribution in [1.29, 1.82) is 0 Å². The highest BCUT2D eigenvalue weighted by Gasteiger charge is 2.37. The molecule has 5 rings (SSSR count). The average Bonchev–Trinajstić information content (AvgIpc) is 3.20. The highest BCUT2D eigenvalue weighted by atomic mass is 32.2. The zero-order valence-electron chi connectivity index (χ0n) is 19.3. The number of carbonyl (C=O) groups excluding carboxylic acids is 1. The predicted molar refractivity (Wildman–Crippen MR) is 134 cm³/mol. The number of amides is 1. The topological polar surface area (TPSA) is 103 Å². The van der Waals surface area contributed by atoms with Gasteiger partial charge in [-0.1, -0.05) is 42.5 Å². The van der Waals surface area contributed by atoms with Gasteiger partial charge in [0.05, 0.1) is 11.3 Å². The van der Waals surface area contributed by atoms with Crippen LogP contribution in [0.1, 0.15) is 27.0 Å². The van der Waals surface area contributed by atoms with Crippen LogP contribution in [0.3, 0.4) is 0 Å². The Morgan fingerprint density at radius 1 is 1.06 bits per heavy atom. The van der Waals surface area contributed by atoms with E-state index in [4.69, 9.17) is 0 Å². The number of anilines is 1. The minimum Gasteiger partial charge on any atom is -0.505 e. The molecule has 184 valence electrons. The summed E-state index contributed by atoms with van der Waals surface area (Å²) in [7, 11) is -2.63. The third-order valence-corrected chi connectivity index (χ3v) is 7.64. The van der Waals surface area contributed by atoms with E-state index in [-0.39, 0.29) is 48.0 Å². The molecule has 2 N–H and O–H groups in total. The molecule has 1 aromatic heterocycles. The fourth-order valence-corrected chi connectivity index (χ4v) is 5.41. The fourth-order valence-electron chi connectivity index (χ4n) is 4.42. The Balaban J connectivity index is 1.55. The lowest BCUT2D eigenvalue weighted by Gasteiger charge is -2.24. The molecule has 0 atom stereocenters. The van der Waals surface area contributed by atoms with Crippen LogP contribution in [0.4, 0.5) is 10.1 Å². The summed E-state index contributed by atoms with van der Waals surface area (Å²) in [5, 5.41) is 11.4. The Morgan fingerprint density at radius 2 is 1.78 bits per heavy atom. The van der Waals surface area contributed by atoms with Crippen LogP contribution in [0.2, 0.25) is 0 Å². The summed E-state index contributed by atoms with van der Waals surface area (Å²) in [6.45, 7) is 0.316. The lowest BCUT2D eigenvalue weighted by molar-refractivity contribution is 0.0764. The molecule has 0 saturated heterocycles. The summed E-state index contributed by atoms with van der Waals surface area (Å²) in [5.74, 6) is -1.13. The maximum absolute atomic E-state index is 13.3. The number of pyridine rings is 1. The Hall–Kier alpha value is -4.02. The molecule has 0 aliphatic carbocycles. The van der Waals surface area contributed by atoms with E-state index < -0.39 is 16.1 Å². The van der Waals surface area contributed by atoms with Gasteiger partial charge in [-0.25, -0.2) is 4.39 Å². The average molecular weight is 507 g/mol. The number of aromatic nitrogens is 1. The highest BCUT2D eigenvalue weighted by molar-refractivity contribution is 7.90. The molecule has 4 aromatic rings. The molecule has 1 aliphatic rings. The van der Waals surface area contributed by atoms with E-state index >= 15 is 0 Å². The number of aromatic hydroxyl groups is 1. The van der Waals surface area contributed by atoms with Crippen LogP contribution >= 0.6 is 0 Å². The number of phenolic OH excluding ortho intramolecular Hbond substituents is 1. The van der Waals surface area contributed by atoms with Crippen LogP contribution in [0.5, 0.6) is 5.75 Å². The van der Waals surface area contributed by atoms with E-state index in [0.29, 0.717) is 16.5 Å². The summed E-state index contributed by atoms with van der Waals surface area (Å²) in [5.41, 5.74) is 2.29. The van der Waals surface area contributed by atoms with Gasteiger partial charge in [-0.15, -0.1) is 0 Å². The van der Waals surface area contributed by atoms with Crippen molar-refractivity contribution in [3.63, 3.8) is 0 Å². The minimum atomic E-state index is -4.03. The summed E-state index contributed by atoms with van der Waals surface area (Å²) in [4.78, 5) is 19.1. The van der Waals surface area contributed by atoms with Gasteiger partial charge in [0.25, 0.3) is 5.91 Å². The minimum absolute atomic E-state index is 0.0171. The molecule has 1 aliphatic heterocycles. The van der Waals surface area contributed by atoms with Crippen molar-refractivity contribution in [2.24, 2.45) is 0 Å². The fraction of sp³-hybridized carbons (Fsp3) is 0.154. The number of carbonyl (C=O) groups is 1. The van der Waals surface area contributed by atoms with Gasteiger partial charge in [-0.2, -0.15) is 13.1 Å². The molecule has 0 saturated carbocycles. The molecule has 2 heterocycles. The number of phenols is 1. The second kappa shape index (κ2) is 9.21. The van der Waals surface area contributed by atoms with Gasteiger partial charge >= 0.3 is 10.2 Å². The Labute approximate surface area is 207 Å². The first kappa shape index (κ1) is 23.7. The van der Waals surface area contributed by atoms with Gasteiger partial charge in [0.15, 0.2) is 5.75 Å². The predicted octanol–water partition coefficient (Wildman–Crippen LogP) is 3.71. The van der Waals surface area contributed by atoms with Crippen LogP contribution in [-0.4, -0.2) is 36.4 Å². The summed E-state index contributed by atoms with van der Waals surface area (Å²) in [6.07, 6.45) is 1.47. The van der Waals surface area contributed by atoms with Gasteiger partial charge in [-0.3, -0.25) is 14.1 Å². The van der Waals surface area contributed by atoms with Crippen LogP contribution in [0.15, 0.2) is 72.9 Å². The molecule has 0 radical (unpaired) electrons. The van der Waals surface area contributed by atoms with E-state index in [0.717, 1.165) is 9.87 Å². The van der Waals surface area contributed by atoms with Crippen molar-refractivity contribution in [3.8, 4) is 5.75 Å². The van der Waals surface area contributed by atoms with Gasteiger partial charge < -0.3 is 10.0 Å². The molecule has 0 unspecified atom stereocenters. The molecule has 1 amide bonds. The van der Waals surface area contributed by atoms with Crippen LogP contribution in [-0.2, 0) is 29.8 Å². The first-order valence-electron chi connectivity index (χ1n) is 11.2. The van der Waals surface area contributed by atoms with Gasteiger partial charge in [0, 0.05) is 43.8 Å². The van der Waals surface area contributed by atoms with Crippen molar-refractivity contribution < 1.29 is 22.7 Å². The summed E-state index contributed by atoms with van der Waals surface area (Å²) < 4.78 is 43.7. The van der Waals surface area contributed by atoms with Crippen molar-refractivity contribution in [1.82, 2.24) is 14.6 Å². The van der Waals surface area contributed by atoms with Crippen molar-refractivity contribution in [3.05, 3.63) is 101 Å². The van der Waals surface area contributed by atoms with Crippen molar-refractivity contribution >= 4 is 32.7 Å². The molecule has 0 fully saturated rings. The van der Waals surface area contributed by atoms with Crippen molar-refractivity contribution in [2.75, 3.05) is 11.4 Å². The van der Waals surface area contributed by atoms with E-state index in [2.05, 4.69) is 9.71 Å². The quantitative estimate of drug-likeness (QED) is 0.398. The van der Waals surface area contributed by atoms with E-state index in [1.54, 1.807) is 24.3 Å². The first-order valence-corrected chi connectivity index (χ1v) is 12.6. The Kier molecular flexibility index (Phi) is 6.07. The molecule has 3 aromatic carbocycles. The Bertz CT molecular complexity index is 1560. The molecule has 36 heavy (non-hydrogen) atoms. The van der Waals surface area contributed by atoms with Gasteiger partial charge in [-0.05, 0) is 35.4 Å². The molecular weight excluding hydrogens is 483 g/mol. The number of nitrogens with one attached hydrogen (secondary N) is 1. The van der Waals surface area contributed by atoms with E-state index in [9.17, 15) is 22.7 Å². The largest absolute Gasteiger partial charge is 0.505 e. The third kappa shape index (κ3) is 4.25. The number of hydrogen-bond acceptors (Lipinski definition) is 5. The molecule has 10 heteroatoms. The maximum Gasteiger partial charge on any atom is 0.301 e. The van der Waals surface area contributed by atoms with Gasteiger partial charge in [0.2, 0.25) is 0 Å². The molecule has 0 spiro atoms. The lowest BCUT2D eigenvalue weighted by Crippen LogP contribution is -2.38. The number of nitrogens with zero attached hydrogens (tertiary/aromatic N) is 3. The number of hydrogen-bond donors (Lipinski definition) is 2. The van der Waals surface area contributed by atoms with E-state index in [1.165, 1.54) is 30.3 Å². The second-order valence-electron chi connectivity index (χ2n) is 8.52. The number of fused-ring (bicyclic) bond motifs is 2. The first-order chi connectivity index (χ1) is 17.3. The molecule has 8 nitrogen and oxygen atoms in total. The van der Waals surface area contributed by atoms with Crippen LogP contribution < -0.4 is 9.03 Å². The Morgan fingerprint density at radius 3 is 2.50 bits per heavy atom. The summed E-state index contributed by atoms with van der Waals surface area (Å²) >= 11 is 0. The number of benzene rings is 3.